The van der Waals surface area contributed by atoms with Gasteiger partial charge in [-0.15, -0.1) is 0 Å². The summed E-state index contributed by atoms with van der Waals surface area (Å²) in [6.45, 7) is 7.55. The highest BCUT2D eigenvalue weighted by Gasteiger charge is 2.31. The smallest absolute Gasteiger partial charge is 0.349 e. The summed E-state index contributed by atoms with van der Waals surface area (Å²) in [7, 11) is 0. The number of amides is 1. The van der Waals surface area contributed by atoms with Gasteiger partial charge in [-0.25, -0.2) is 4.79 Å². The lowest BCUT2D eigenvalue weighted by molar-refractivity contribution is -0.158. The van der Waals surface area contributed by atoms with E-state index >= 15 is 0 Å². The van der Waals surface area contributed by atoms with Crippen LogP contribution >= 0.6 is 0 Å². The molecule has 1 heterocycles. The highest BCUT2D eigenvalue weighted by Crippen LogP contribution is 2.31. The molecule has 0 bridgehead atoms. The largest absolute Gasteiger partial charge is 0.476 e. The number of piperidine rings is 1. The van der Waals surface area contributed by atoms with Crippen molar-refractivity contribution in [2.45, 2.75) is 70.9 Å². The molecule has 212 valence electrons. The summed E-state index contributed by atoms with van der Waals surface area (Å²) in [6, 6.07) is 26.2. The Labute approximate surface area is 238 Å². The second kappa shape index (κ2) is 14.0. The van der Waals surface area contributed by atoms with Crippen LogP contribution in [0.2, 0.25) is 0 Å². The Morgan fingerprint density at radius 1 is 0.875 bits per heavy atom. The van der Waals surface area contributed by atoms with E-state index in [0.29, 0.717) is 12.4 Å². The molecule has 0 spiro atoms. The van der Waals surface area contributed by atoms with Crippen LogP contribution in [0.15, 0.2) is 78.9 Å². The average Bonchev–Trinajstić information content (AvgIpc) is 2.97. The summed E-state index contributed by atoms with van der Waals surface area (Å²) in [5.74, 6) is 0.121. The zero-order valence-electron chi connectivity index (χ0n) is 24.0. The second-order valence-electron chi connectivity index (χ2n) is 10.9. The van der Waals surface area contributed by atoms with Crippen LogP contribution in [-0.4, -0.2) is 37.2 Å². The first-order chi connectivity index (χ1) is 19.4. The van der Waals surface area contributed by atoms with Gasteiger partial charge < -0.3 is 19.7 Å². The number of carbonyl (C=O) groups is 2. The summed E-state index contributed by atoms with van der Waals surface area (Å²) in [5.41, 5.74) is 3.45. The molecular weight excluding hydrogens is 500 g/mol. The van der Waals surface area contributed by atoms with E-state index in [0.717, 1.165) is 31.5 Å². The Balaban J connectivity index is 1.46. The van der Waals surface area contributed by atoms with E-state index in [9.17, 15) is 9.59 Å². The molecule has 40 heavy (non-hydrogen) atoms. The number of benzene rings is 3. The standard InChI is InChI=1S/C34H42N2O4/c1-4-39-33(38)34(2,3)40-28-20-17-27(18-21-28)25-32(37)35-30(22-19-26-13-7-5-8-14-26)29-15-9-10-16-31(29)36-23-11-6-12-24-36/h5,7-10,13-18,20-21,30H,4,6,11-12,19,22-25H2,1-3H3,(H,35,37). The average molecular weight is 543 g/mol. The molecule has 1 saturated heterocycles. The van der Waals surface area contributed by atoms with Crippen molar-refractivity contribution < 1.29 is 19.1 Å². The van der Waals surface area contributed by atoms with Crippen molar-refractivity contribution in [2.24, 2.45) is 0 Å². The molecule has 3 aromatic carbocycles. The van der Waals surface area contributed by atoms with E-state index in [-0.39, 0.29) is 18.4 Å². The molecule has 4 rings (SSSR count). The Morgan fingerprint density at radius 3 is 2.25 bits per heavy atom. The molecule has 1 amide bonds. The number of ether oxygens (including phenoxy) is 2. The fourth-order valence-electron chi connectivity index (χ4n) is 5.21. The van der Waals surface area contributed by atoms with Crippen LogP contribution in [0.3, 0.4) is 0 Å². The molecule has 1 N–H and O–H groups in total. The van der Waals surface area contributed by atoms with Crippen molar-refractivity contribution >= 4 is 17.6 Å². The molecular formula is C34H42N2O4. The van der Waals surface area contributed by atoms with Gasteiger partial charge in [-0.3, -0.25) is 4.79 Å². The topological polar surface area (TPSA) is 67.9 Å². The van der Waals surface area contributed by atoms with Gasteiger partial charge >= 0.3 is 5.97 Å². The predicted octanol–water partition coefficient (Wildman–Crippen LogP) is 6.43. The lowest BCUT2D eigenvalue weighted by Gasteiger charge is -2.33. The van der Waals surface area contributed by atoms with E-state index in [4.69, 9.17) is 9.47 Å². The van der Waals surface area contributed by atoms with E-state index < -0.39 is 11.6 Å². The molecule has 6 heteroatoms. The van der Waals surface area contributed by atoms with Crippen LogP contribution in [0.25, 0.3) is 0 Å². The summed E-state index contributed by atoms with van der Waals surface area (Å²) < 4.78 is 11.0. The van der Waals surface area contributed by atoms with Crippen LogP contribution in [0.1, 0.15) is 69.2 Å². The number of esters is 1. The van der Waals surface area contributed by atoms with Gasteiger partial charge in [0.2, 0.25) is 5.91 Å². The third kappa shape index (κ3) is 8.10. The van der Waals surface area contributed by atoms with Gasteiger partial charge in [0.15, 0.2) is 5.60 Å². The zero-order chi connectivity index (χ0) is 28.4. The normalized spacial score (nSPS) is 14.3. The molecule has 0 aromatic heterocycles. The number of aryl methyl sites for hydroxylation is 1. The molecule has 0 saturated carbocycles. The van der Waals surface area contributed by atoms with Crippen LogP contribution in [0.4, 0.5) is 5.69 Å². The molecule has 1 aliphatic heterocycles. The Bertz CT molecular complexity index is 1230. The fraction of sp³-hybridized carbons (Fsp3) is 0.412. The first-order valence-corrected chi connectivity index (χ1v) is 14.5. The number of nitrogens with zero attached hydrogens (tertiary/aromatic N) is 1. The molecule has 0 aliphatic carbocycles. The monoisotopic (exact) mass is 542 g/mol. The Hall–Kier alpha value is -3.80. The van der Waals surface area contributed by atoms with Gasteiger partial charge in [0, 0.05) is 18.8 Å². The molecule has 1 atom stereocenters. The van der Waals surface area contributed by atoms with Crippen LogP contribution in [0, 0.1) is 0 Å². The van der Waals surface area contributed by atoms with Crippen molar-refractivity contribution in [3.05, 3.63) is 95.6 Å². The van der Waals surface area contributed by atoms with E-state index in [1.165, 1.54) is 36.1 Å². The minimum absolute atomic E-state index is 0.0213. The van der Waals surface area contributed by atoms with Crippen molar-refractivity contribution in [1.82, 2.24) is 5.32 Å². The van der Waals surface area contributed by atoms with Gasteiger partial charge in [-0.2, -0.15) is 0 Å². The van der Waals surface area contributed by atoms with Gasteiger partial charge in [0.1, 0.15) is 5.75 Å². The minimum Gasteiger partial charge on any atom is -0.476 e. The lowest BCUT2D eigenvalue weighted by atomic mass is 9.95. The van der Waals surface area contributed by atoms with Crippen molar-refractivity contribution in [3.8, 4) is 5.75 Å². The molecule has 3 aromatic rings. The number of hydrogen-bond acceptors (Lipinski definition) is 5. The summed E-state index contributed by atoms with van der Waals surface area (Å²) in [6.07, 6.45) is 5.63. The maximum atomic E-state index is 13.4. The maximum absolute atomic E-state index is 13.4. The Kier molecular flexibility index (Phi) is 10.2. The molecule has 1 aliphatic rings. The van der Waals surface area contributed by atoms with Crippen molar-refractivity contribution in [2.75, 3.05) is 24.6 Å². The molecule has 0 radical (unpaired) electrons. The summed E-state index contributed by atoms with van der Waals surface area (Å²) >= 11 is 0. The predicted molar refractivity (Wildman–Crippen MR) is 160 cm³/mol. The molecule has 6 nitrogen and oxygen atoms in total. The first kappa shape index (κ1) is 29.2. The first-order valence-electron chi connectivity index (χ1n) is 14.5. The van der Waals surface area contributed by atoms with Crippen molar-refractivity contribution in [3.63, 3.8) is 0 Å². The maximum Gasteiger partial charge on any atom is 0.349 e. The fourth-order valence-corrected chi connectivity index (χ4v) is 5.21. The van der Waals surface area contributed by atoms with Crippen molar-refractivity contribution in [1.29, 1.82) is 0 Å². The van der Waals surface area contributed by atoms with Crippen LogP contribution in [0.5, 0.6) is 5.75 Å². The van der Waals surface area contributed by atoms with E-state index in [2.05, 4.69) is 58.7 Å². The third-order valence-corrected chi connectivity index (χ3v) is 7.34. The van der Waals surface area contributed by atoms with Crippen LogP contribution in [-0.2, 0) is 27.2 Å². The number of carbonyl (C=O) groups excluding carboxylic acids is 2. The molecule has 1 fully saturated rings. The Morgan fingerprint density at radius 2 is 1.55 bits per heavy atom. The summed E-state index contributed by atoms with van der Waals surface area (Å²) in [4.78, 5) is 28.0. The van der Waals surface area contributed by atoms with Gasteiger partial charge in [-0.05, 0) is 87.8 Å². The zero-order valence-corrected chi connectivity index (χ0v) is 24.0. The van der Waals surface area contributed by atoms with Crippen LogP contribution < -0.4 is 15.0 Å². The van der Waals surface area contributed by atoms with E-state index in [1.807, 2.05) is 18.2 Å². The minimum atomic E-state index is -1.09. The summed E-state index contributed by atoms with van der Waals surface area (Å²) in [5, 5.41) is 3.36. The lowest BCUT2D eigenvalue weighted by Crippen LogP contribution is -2.39. The number of anilines is 1. The number of para-hydroxylation sites is 1. The number of hydrogen-bond donors (Lipinski definition) is 1. The van der Waals surface area contributed by atoms with Gasteiger partial charge in [-0.1, -0.05) is 60.7 Å². The second-order valence-corrected chi connectivity index (χ2v) is 10.9. The third-order valence-electron chi connectivity index (χ3n) is 7.34. The quantitative estimate of drug-likeness (QED) is 0.267. The number of nitrogens with one attached hydrogen (secondary N) is 1. The van der Waals surface area contributed by atoms with E-state index in [1.54, 1.807) is 32.9 Å². The molecule has 1 unspecified atom stereocenters. The number of rotatable bonds is 12. The van der Waals surface area contributed by atoms with Gasteiger partial charge in [0.05, 0.1) is 19.1 Å². The highest BCUT2D eigenvalue weighted by atomic mass is 16.6. The SMILES string of the molecule is CCOC(=O)C(C)(C)Oc1ccc(CC(=O)NC(CCc2ccccc2)c2ccccc2N2CCCCC2)cc1. The highest BCUT2D eigenvalue weighted by molar-refractivity contribution is 5.80. The van der Waals surface area contributed by atoms with Gasteiger partial charge in [0.25, 0.3) is 0 Å².